The molecule has 0 bridgehead atoms. The van der Waals surface area contributed by atoms with Gasteiger partial charge in [-0.1, -0.05) is 36.4 Å². The molecule has 1 N–H and O–H groups in total. The second-order valence-corrected chi connectivity index (χ2v) is 9.22. The van der Waals surface area contributed by atoms with Gasteiger partial charge in [-0.05, 0) is 57.5 Å². The molecule has 180 valence electrons. The number of amides is 2. The zero-order valence-corrected chi connectivity index (χ0v) is 20.1. The van der Waals surface area contributed by atoms with E-state index in [2.05, 4.69) is 15.3 Å². The number of aryl methyl sites for hydroxylation is 1. The van der Waals surface area contributed by atoms with E-state index in [9.17, 15) is 14.0 Å². The standard InChI is InChI=1S/C27H27FN4O3/c1-17-10-9-13-20-22(19-12-5-6-14-21(19)28)30-24(31-26(34)35-27(2,3)4)25(33)32(23(17)20)16-18-11-7-8-15-29-18/h5-15,24H,16H2,1-4H3,(H,31,34)/t24-/m1/s1. The van der Waals surface area contributed by atoms with Crippen LogP contribution >= 0.6 is 0 Å². The smallest absolute Gasteiger partial charge is 0.409 e. The Kier molecular flexibility index (Phi) is 6.64. The molecule has 4 rings (SSSR count). The summed E-state index contributed by atoms with van der Waals surface area (Å²) in [5, 5.41) is 2.57. The predicted octanol–water partition coefficient (Wildman–Crippen LogP) is 4.76. The number of hydrogen-bond acceptors (Lipinski definition) is 5. The van der Waals surface area contributed by atoms with Crippen LogP contribution in [-0.4, -0.2) is 34.5 Å². The summed E-state index contributed by atoms with van der Waals surface area (Å²) < 4.78 is 20.3. The van der Waals surface area contributed by atoms with Gasteiger partial charge < -0.3 is 9.64 Å². The van der Waals surface area contributed by atoms with E-state index in [0.717, 1.165) is 5.56 Å². The Hall–Kier alpha value is -4.07. The van der Waals surface area contributed by atoms with Gasteiger partial charge in [0, 0.05) is 17.3 Å². The number of rotatable bonds is 4. The highest BCUT2D eigenvalue weighted by molar-refractivity contribution is 6.20. The summed E-state index contributed by atoms with van der Waals surface area (Å²) in [5.41, 5.74) is 2.33. The SMILES string of the molecule is Cc1cccc2c1N(Cc1ccccn1)C(=O)[C@@H](NC(=O)OC(C)(C)C)N=C2c1ccccc1F. The first kappa shape index (κ1) is 24.1. The molecule has 3 aromatic rings. The van der Waals surface area contributed by atoms with Gasteiger partial charge in [-0.25, -0.2) is 14.2 Å². The minimum Gasteiger partial charge on any atom is -0.444 e. The highest BCUT2D eigenvalue weighted by atomic mass is 19.1. The maximum absolute atomic E-state index is 15.0. The third kappa shape index (κ3) is 5.37. The normalized spacial score (nSPS) is 15.7. The summed E-state index contributed by atoms with van der Waals surface area (Å²) in [6.07, 6.45) is -0.489. The molecular weight excluding hydrogens is 447 g/mol. The van der Waals surface area contributed by atoms with Crippen molar-refractivity contribution < 1.29 is 18.7 Å². The van der Waals surface area contributed by atoms with Gasteiger partial charge in [0.2, 0.25) is 6.17 Å². The third-order valence-corrected chi connectivity index (χ3v) is 5.35. The Labute approximate surface area is 203 Å². The molecule has 0 fully saturated rings. The molecule has 1 aliphatic rings. The number of hydrogen-bond donors (Lipinski definition) is 1. The third-order valence-electron chi connectivity index (χ3n) is 5.35. The van der Waals surface area contributed by atoms with Gasteiger partial charge in [0.25, 0.3) is 5.91 Å². The van der Waals surface area contributed by atoms with Crippen molar-refractivity contribution in [1.29, 1.82) is 0 Å². The lowest BCUT2D eigenvalue weighted by Gasteiger charge is -2.27. The first-order valence-corrected chi connectivity index (χ1v) is 11.3. The van der Waals surface area contributed by atoms with Crippen LogP contribution in [0.3, 0.4) is 0 Å². The Morgan fingerprint density at radius 1 is 1.06 bits per heavy atom. The van der Waals surface area contributed by atoms with Crippen molar-refractivity contribution in [2.24, 2.45) is 4.99 Å². The number of benzodiazepines with no additional fused rings is 1. The fraction of sp³-hybridized carbons (Fsp3) is 0.259. The predicted molar refractivity (Wildman–Crippen MR) is 132 cm³/mol. The van der Waals surface area contributed by atoms with Gasteiger partial charge in [-0.2, -0.15) is 0 Å². The van der Waals surface area contributed by atoms with Crippen LogP contribution in [0.25, 0.3) is 0 Å². The van der Waals surface area contributed by atoms with Crippen molar-refractivity contribution in [3.63, 3.8) is 0 Å². The van der Waals surface area contributed by atoms with Crippen LogP contribution < -0.4 is 10.2 Å². The summed E-state index contributed by atoms with van der Waals surface area (Å²) in [6.45, 7) is 7.19. The van der Waals surface area contributed by atoms with E-state index >= 15 is 0 Å². The van der Waals surface area contributed by atoms with Crippen LogP contribution in [0.4, 0.5) is 14.9 Å². The minimum atomic E-state index is -1.34. The molecule has 0 saturated heterocycles. The van der Waals surface area contributed by atoms with Crippen molar-refractivity contribution in [3.05, 3.63) is 95.1 Å². The summed E-state index contributed by atoms with van der Waals surface area (Å²) in [7, 11) is 0. The van der Waals surface area contributed by atoms with E-state index in [4.69, 9.17) is 4.74 Å². The lowest BCUT2D eigenvalue weighted by molar-refractivity contribution is -0.120. The number of aliphatic imine (C=N–C) groups is 1. The largest absolute Gasteiger partial charge is 0.444 e. The van der Waals surface area contributed by atoms with Crippen LogP contribution in [0.2, 0.25) is 0 Å². The van der Waals surface area contributed by atoms with E-state index in [0.29, 0.717) is 16.9 Å². The van der Waals surface area contributed by atoms with E-state index in [1.54, 1.807) is 57.3 Å². The van der Waals surface area contributed by atoms with E-state index in [-0.39, 0.29) is 17.8 Å². The summed E-state index contributed by atoms with van der Waals surface area (Å²) >= 11 is 0. The highest BCUT2D eigenvalue weighted by Crippen LogP contribution is 2.33. The monoisotopic (exact) mass is 474 g/mol. The number of pyridine rings is 1. The maximum Gasteiger partial charge on any atom is 0.409 e. The topological polar surface area (TPSA) is 83.9 Å². The number of nitrogens with zero attached hydrogens (tertiary/aromatic N) is 3. The Morgan fingerprint density at radius 2 is 1.77 bits per heavy atom. The average molecular weight is 475 g/mol. The molecule has 0 unspecified atom stereocenters. The molecule has 0 radical (unpaired) electrons. The molecular formula is C27H27FN4O3. The van der Waals surface area contributed by atoms with Crippen molar-refractivity contribution >= 4 is 23.4 Å². The number of ether oxygens (including phenoxy) is 1. The molecule has 1 aromatic heterocycles. The molecule has 0 saturated carbocycles. The first-order valence-electron chi connectivity index (χ1n) is 11.3. The van der Waals surface area contributed by atoms with Crippen LogP contribution in [0.15, 0.2) is 71.9 Å². The number of aromatic nitrogens is 1. The number of alkyl carbamates (subject to hydrolysis) is 1. The Balaban J connectivity index is 1.88. The van der Waals surface area contributed by atoms with Gasteiger partial charge in [0.15, 0.2) is 0 Å². The van der Waals surface area contributed by atoms with Gasteiger partial charge in [-0.3, -0.25) is 15.1 Å². The van der Waals surface area contributed by atoms with E-state index < -0.39 is 29.6 Å². The van der Waals surface area contributed by atoms with Gasteiger partial charge in [-0.15, -0.1) is 0 Å². The van der Waals surface area contributed by atoms with Crippen molar-refractivity contribution in [2.45, 2.75) is 46.0 Å². The average Bonchev–Trinajstić information content (AvgIpc) is 2.90. The molecule has 1 atom stereocenters. The van der Waals surface area contributed by atoms with Gasteiger partial charge in [0.05, 0.1) is 23.6 Å². The number of halogens is 1. The molecule has 35 heavy (non-hydrogen) atoms. The number of benzene rings is 2. The zero-order valence-electron chi connectivity index (χ0n) is 20.1. The van der Waals surface area contributed by atoms with Crippen LogP contribution in [0.5, 0.6) is 0 Å². The molecule has 2 aromatic carbocycles. The molecule has 2 amide bonds. The number of carbonyl (C=O) groups is 2. The van der Waals surface area contributed by atoms with Gasteiger partial charge >= 0.3 is 6.09 Å². The summed E-state index contributed by atoms with van der Waals surface area (Å²) in [6, 6.07) is 17.2. The number of nitrogens with one attached hydrogen (secondary N) is 1. The molecule has 8 heteroatoms. The number of anilines is 1. The molecule has 7 nitrogen and oxygen atoms in total. The summed E-state index contributed by atoms with van der Waals surface area (Å²) in [4.78, 5) is 37.0. The molecule has 0 aliphatic carbocycles. The summed E-state index contributed by atoms with van der Waals surface area (Å²) in [5.74, 6) is -0.969. The first-order chi connectivity index (χ1) is 16.6. The number of fused-ring (bicyclic) bond motifs is 1. The molecule has 0 spiro atoms. The number of carbonyl (C=O) groups excluding carboxylic acids is 2. The fourth-order valence-electron chi connectivity index (χ4n) is 3.91. The maximum atomic E-state index is 15.0. The van der Waals surface area contributed by atoms with Crippen LogP contribution in [0, 0.1) is 12.7 Å². The molecule has 1 aliphatic heterocycles. The van der Waals surface area contributed by atoms with Crippen LogP contribution in [0.1, 0.15) is 43.2 Å². The van der Waals surface area contributed by atoms with Gasteiger partial charge in [0.1, 0.15) is 11.4 Å². The fourth-order valence-corrected chi connectivity index (χ4v) is 3.91. The lowest BCUT2D eigenvalue weighted by Crippen LogP contribution is -2.48. The quantitative estimate of drug-likeness (QED) is 0.591. The van der Waals surface area contributed by atoms with E-state index in [1.165, 1.54) is 11.0 Å². The van der Waals surface area contributed by atoms with Crippen molar-refractivity contribution in [2.75, 3.05) is 4.90 Å². The number of para-hydroxylation sites is 1. The second kappa shape index (κ2) is 9.66. The minimum absolute atomic E-state index is 0.143. The lowest BCUT2D eigenvalue weighted by atomic mass is 9.97. The Bertz CT molecular complexity index is 1290. The van der Waals surface area contributed by atoms with Crippen LogP contribution in [-0.2, 0) is 16.1 Å². The highest BCUT2D eigenvalue weighted by Gasteiger charge is 2.35. The zero-order chi connectivity index (χ0) is 25.2. The Morgan fingerprint density at radius 3 is 2.46 bits per heavy atom. The van der Waals surface area contributed by atoms with Crippen molar-refractivity contribution in [3.8, 4) is 0 Å². The molecule has 2 heterocycles. The van der Waals surface area contributed by atoms with E-state index in [1.807, 2.05) is 31.2 Å². The second-order valence-electron chi connectivity index (χ2n) is 9.22. The van der Waals surface area contributed by atoms with Crippen molar-refractivity contribution in [1.82, 2.24) is 10.3 Å².